The minimum Gasteiger partial charge on any atom is -0.355 e. The first-order valence-electron chi connectivity index (χ1n) is 4.33. The third kappa shape index (κ3) is 3.25. The number of nitrogens with zero attached hydrogens (tertiary/aromatic N) is 1. The van der Waals surface area contributed by atoms with Crippen molar-refractivity contribution in [3.63, 3.8) is 0 Å². The number of nitrogens with one attached hydrogen (secondary N) is 4. The average molecular weight is 213 g/mol. The second kappa shape index (κ2) is 4.94. The molecule has 0 saturated carbocycles. The number of aromatic nitrogens is 3. The number of H-pyrrole nitrogens is 2. The number of anilines is 1. The predicted octanol–water partition coefficient (Wildman–Crippen LogP) is -1.99. The normalized spacial score (nSPS) is 9.67. The Kier molecular flexibility index (Phi) is 3.61. The lowest BCUT2D eigenvalue weighted by atomic mass is 10.5. The zero-order valence-corrected chi connectivity index (χ0v) is 8.09. The van der Waals surface area contributed by atoms with E-state index in [9.17, 15) is 14.4 Å². The van der Waals surface area contributed by atoms with E-state index in [0.717, 1.165) is 0 Å². The molecule has 1 heterocycles. The lowest BCUT2D eigenvalue weighted by Gasteiger charge is -2.03. The van der Waals surface area contributed by atoms with Crippen LogP contribution in [0.2, 0.25) is 0 Å². The summed E-state index contributed by atoms with van der Waals surface area (Å²) < 4.78 is 0. The summed E-state index contributed by atoms with van der Waals surface area (Å²) in [6, 6.07) is 0. The van der Waals surface area contributed by atoms with Crippen molar-refractivity contribution in [2.45, 2.75) is 6.92 Å². The molecule has 0 bridgehead atoms. The zero-order chi connectivity index (χ0) is 11.3. The number of hydrogen-bond acceptors (Lipinski definition) is 5. The molecule has 1 rings (SSSR count). The van der Waals surface area contributed by atoms with Crippen LogP contribution >= 0.6 is 0 Å². The van der Waals surface area contributed by atoms with Crippen molar-refractivity contribution in [2.24, 2.45) is 0 Å². The topological polar surface area (TPSA) is 120 Å². The van der Waals surface area contributed by atoms with Crippen molar-refractivity contribution in [2.75, 3.05) is 18.4 Å². The maximum atomic E-state index is 11.1. The standard InChI is InChI=1S/C7H11N5O3/c1-2-8-4(13)3-9-5-6(14)10-7(15)12-11-5/h2-3H2,1H3,(H,8,13)(H,9,11)(H2,10,12,14,15). The Morgan fingerprint density at radius 3 is 2.80 bits per heavy atom. The van der Waals surface area contributed by atoms with Crippen molar-refractivity contribution < 1.29 is 4.79 Å². The highest BCUT2D eigenvalue weighted by Gasteiger charge is 2.03. The molecule has 8 heteroatoms. The van der Waals surface area contributed by atoms with Gasteiger partial charge in [-0.3, -0.25) is 14.6 Å². The highest BCUT2D eigenvalue weighted by atomic mass is 16.2. The molecule has 1 amide bonds. The molecular formula is C7H11N5O3. The maximum Gasteiger partial charge on any atom is 0.342 e. The van der Waals surface area contributed by atoms with Gasteiger partial charge < -0.3 is 10.6 Å². The summed E-state index contributed by atoms with van der Waals surface area (Å²) in [7, 11) is 0. The van der Waals surface area contributed by atoms with E-state index in [0.29, 0.717) is 6.54 Å². The summed E-state index contributed by atoms with van der Waals surface area (Å²) >= 11 is 0. The Balaban J connectivity index is 2.62. The number of hydrogen-bond donors (Lipinski definition) is 4. The summed E-state index contributed by atoms with van der Waals surface area (Å²) in [5, 5.41) is 10.5. The molecule has 0 saturated heterocycles. The van der Waals surface area contributed by atoms with Gasteiger partial charge in [-0.2, -0.15) is 0 Å². The molecule has 0 radical (unpaired) electrons. The predicted molar refractivity (Wildman–Crippen MR) is 52.7 cm³/mol. The van der Waals surface area contributed by atoms with Crippen LogP contribution in [0.4, 0.5) is 5.82 Å². The van der Waals surface area contributed by atoms with Gasteiger partial charge in [-0.15, -0.1) is 5.10 Å². The van der Waals surface area contributed by atoms with Crippen LogP contribution in [0.25, 0.3) is 0 Å². The highest BCUT2D eigenvalue weighted by Crippen LogP contribution is 1.84. The summed E-state index contributed by atoms with van der Waals surface area (Å²) in [4.78, 5) is 34.7. The third-order valence-electron chi connectivity index (χ3n) is 1.50. The lowest BCUT2D eigenvalue weighted by molar-refractivity contribution is -0.119. The van der Waals surface area contributed by atoms with Crippen LogP contribution in [0.1, 0.15) is 6.92 Å². The van der Waals surface area contributed by atoms with Gasteiger partial charge in [-0.05, 0) is 6.92 Å². The van der Waals surface area contributed by atoms with Crippen LogP contribution in [-0.2, 0) is 4.79 Å². The molecule has 8 nitrogen and oxygen atoms in total. The van der Waals surface area contributed by atoms with E-state index in [4.69, 9.17) is 0 Å². The van der Waals surface area contributed by atoms with Crippen LogP contribution in [0.15, 0.2) is 9.59 Å². The van der Waals surface area contributed by atoms with Gasteiger partial charge in [0.2, 0.25) is 11.7 Å². The molecular weight excluding hydrogens is 202 g/mol. The van der Waals surface area contributed by atoms with Gasteiger partial charge in [0, 0.05) is 6.54 Å². The van der Waals surface area contributed by atoms with Gasteiger partial charge in [-0.25, -0.2) is 9.89 Å². The van der Waals surface area contributed by atoms with Crippen LogP contribution in [0.3, 0.4) is 0 Å². The first-order valence-corrected chi connectivity index (χ1v) is 4.33. The van der Waals surface area contributed by atoms with Crippen molar-refractivity contribution >= 4 is 11.7 Å². The van der Waals surface area contributed by atoms with Crippen LogP contribution in [0.5, 0.6) is 0 Å². The molecule has 1 aromatic heterocycles. The number of aromatic amines is 2. The fourth-order valence-electron chi connectivity index (χ4n) is 0.891. The SMILES string of the molecule is CCNC(=O)CNc1n[nH]c(=O)[nH]c1=O. The molecule has 15 heavy (non-hydrogen) atoms. The van der Waals surface area contributed by atoms with E-state index < -0.39 is 11.2 Å². The van der Waals surface area contributed by atoms with Crippen molar-refractivity contribution in [1.29, 1.82) is 0 Å². The Morgan fingerprint density at radius 1 is 1.47 bits per heavy atom. The molecule has 1 aromatic rings. The summed E-state index contributed by atoms with van der Waals surface area (Å²) in [6.07, 6.45) is 0. The van der Waals surface area contributed by atoms with Crippen molar-refractivity contribution in [3.05, 3.63) is 20.8 Å². The quantitative estimate of drug-likeness (QED) is 0.461. The fraction of sp³-hybridized carbons (Fsp3) is 0.429. The number of amides is 1. The number of rotatable bonds is 4. The molecule has 0 aromatic carbocycles. The Labute approximate surface area is 84.1 Å². The Morgan fingerprint density at radius 2 is 2.20 bits per heavy atom. The van der Waals surface area contributed by atoms with Crippen LogP contribution < -0.4 is 21.9 Å². The molecule has 0 fully saturated rings. The van der Waals surface area contributed by atoms with Gasteiger partial charge in [0.25, 0.3) is 5.56 Å². The van der Waals surface area contributed by atoms with Crippen molar-refractivity contribution in [1.82, 2.24) is 20.5 Å². The summed E-state index contributed by atoms with van der Waals surface area (Å²) in [6.45, 7) is 2.22. The smallest absolute Gasteiger partial charge is 0.342 e. The van der Waals surface area contributed by atoms with Gasteiger partial charge in [0.1, 0.15) is 0 Å². The molecule has 4 N–H and O–H groups in total. The number of carbonyl (C=O) groups excluding carboxylic acids is 1. The number of likely N-dealkylation sites (N-methyl/N-ethyl adjacent to an activating group) is 1. The van der Waals surface area contributed by atoms with E-state index in [1.54, 1.807) is 6.92 Å². The van der Waals surface area contributed by atoms with Gasteiger partial charge in [-0.1, -0.05) is 0 Å². The van der Waals surface area contributed by atoms with Gasteiger partial charge >= 0.3 is 5.69 Å². The van der Waals surface area contributed by atoms with Gasteiger partial charge in [0.05, 0.1) is 6.54 Å². The Bertz CT molecular complexity index is 448. The van der Waals surface area contributed by atoms with Crippen LogP contribution in [0, 0.1) is 0 Å². The van der Waals surface area contributed by atoms with E-state index >= 15 is 0 Å². The zero-order valence-electron chi connectivity index (χ0n) is 8.09. The molecule has 0 unspecified atom stereocenters. The van der Waals surface area contributed by atoms with E-state index in [1.165, 1.54) is 0 Å². The first-order chi connectivity index (χ1) is 7.13. The van der Waals surface area contributed by atoms with Gasteiger partial charge in [0.15, 0.2) is 0 Å². The third-order valence-corrected chi connectivity index (χ3v) is 1.50. The average Bonchev–Trinajstić information content (AvgIpc) is 2.17. The molecule has 0 atom stereocenters. The summed E-state index contributed by atoms with van der Waals surface area (Å²) in [5.74, 6) is -0.356. The second-order valence-corrected chi connectivity index (χ2v) is 2.66. The molecule has 0 aliphatic heterocycles. The monoisotopic (exact) mass is 213 g/mol. The number of carbonyl (C=O) groups is 1. The Hall–Kier alpha value is -2.12. The largest absolute Gasteiger partial charge is 0.355 e. The van der Waals surface area contributed by atoms with E-state index in [-0.39, 0.29) is 18.3 Å². The van der Waals surface area contributed by atoms with Crippen molar-refractivity contribution in [3.8, 4) is 0 Å². The minimum absolute atomic E-state index is 0.0734. The minimum atomic E-state index is -0.691. The lowest BCUT2D eigenvalue weighted by Crippen LogP contribution is -2.33. The highest BCUT2D eigenvalue weighted by molar-refractivity contribution is 5.80. The molecule has 0 aliphatic rings. The van der Waals surface area contributed by atoms with Crippen LogP contribution in [-0.4, -0.2) is 34.2 Å². The molecule has 0 spiro atoms. The fourth-order valence-corrected chi connectivity index (χ4v) is 0.891. The maximum absolute atomic E-state index is 11.1. The summed E-state index contributed by atoms with van der Waals surface area (Å²) in [5.41, 5.74) is -1.35. The van der Waals surface area contributed by atoms with E-state index in [1.807, 2.05) is 10.1 Å². The molecule has 82 valence electrons. The second-order valence-electron chi connectivity index (χ2n) is 2.66. The van der Waals surface area contributed by atoms with E-state index in [2.05, 4.69) is 15.7 Å². The molecule has 0 aliphatic carbocycles. The first kappa shape index (κ1) is 11.0.